The summed E-state index contributed by atoms with van der Waals surface area (Å²) in [6.07, 6.45) is 1.01. The summed E-state index contributed by atoms with van der Waals surface area (Å²) in [6.45, 7) is 10.1. The topological polar surface area (TPSA) is 42.0 Å². The monoisotopic (exact) mass is 364 g/mol. The number of nitrogens with one attached hydrogen (secondary N) is 1. The summed E-state index contributed by atoms with van der Waals surface area (Å²) in [5.41, 5.74) is 7.36. The Morgan fingerprint density at radius 3 is 2.23 bits per heavy atom. The third-order valence-electron chi connectivity index (χ3n) is 4.53. The van der Waals surface area contributed by atoms with Crippen LogP contribution in [-0.4, -0.2) is 10.9 Å². The normalized spacial score (nSPS) is 10.8. The number of anilines is 1. The third-order valence-corrected chi connectivity index (χ3v) is 5.73. The molecule has 0 bridgehead atoms. The van der Waals surface area contributed by atoms with E-state index in [9.17, 15) is 4.79 Å². The van der Waals surface area contributed by atoms with Crippen molar-refractivity contribution in [2.45, 2.75) is 41.0 Å². The van der Waals surface area contributed by atoms with Crippen molar-refractivity contribution in [3.63, 3.8) is 0 Å². The lowest BCUT2D eigenvalue weighted by Gasteiger charge is -2.12. The molecule has 1 heterocycles. The van der Waals surface area contributed by atoms with Gasteiger partial charge in [0.1, 0.15) is 9.88 Å². The Morgan fingerprint density at radius 1 is 1.04 bits per heavy atom. The molecule has 1 aromatic heterocycles. The average molecular weight is 365 g/mol. The quantitative estimate of drug-likeness (QED) is 0.630. The molecule has 0 saturated carbocycles. The predicted octanol–water partition coefficient (Wildman–Crippen LogP) is 5.86. The fourth-order valence-electron chi connectivity index (χ4n) is 3.16. The van der Waals surface area contributed by atoms with Crippen molar-refractivity contribution in [1.82, 2.24) is 4.98 Å². The molecule has 0 saturated heterocycles. The molecule has 2 aromatic carbocycles. The Balaban J connectivity index is 1.88. The molecule has 0 atom stereocenters. The molecule has 3 nitrogen and oxygen atoms in total. The number of hydrogen-bond acceptors (Lipinski definition) is 3. The summed E-state index contributed by atoms with van der Waals surface area (Å²) in [4.78, 5) is 18.1. The first-order chi connectivity index (χ1) is 12.4. The summed E-state index contributed by atoms with van der Waals surface area (Å²) in [6, 6.07) is 12.6. The Bertz CT molecular complexity index is 932. The SMILES string of the molecule is CCc1ccc(-c2nc(C)c(C(=O)Nc3c(C)cc(C)cc3C)s2)cc1. The van der Waals surface area contributed by atoms with E-state index in [2.05, 4.69) is 60.5 Å². The minimum Gasteiger partial charge on any atom is -0.321 e. The molecule has 26 heavy (non-hydrogen) atoms. The second-order valence-electron chi connectivity index (χ2n) is 6.71. The van der Waals surface area contributed by atoms with E-state index >= 15 is 0 Å². The Morgan fingerprint density at radius 2 is 1.65 bits per heavy atom. The number of rotatable bonds is 4. The number of carbonyl (C=O) groups excluding carboxylic acids is 1. The average Bonchev–Trinajstić information content (AvgIpc) is 3.00. The van der Waals surface area contributed by atoms with Gasteiger partial charge in [-0.3, -0.25) is 4.79 Å². The fourth-order valence-corrected chi connectivity index (χ4v) is 4.13. The molecular weight excluding hydrogens is 340 g/mol. The van der Waals surface area contributed by atoms with Crippen LogP contribution in [-0.2, 0) is 6.42 Å². The van der Waals surface area contributed by atoms with Crippen molar-refractivity contribution < 1.29 is 4.79 Å². The molecule has 3 aromatic rings. The second kappa shape index (κ2) is 7.42. The summed E-state index contributed by atoms with van der Waals surface area (Å²) in [5, 5.41) is 3.96. The van der Waals surface area contributed by atoms with Crippen LogP contribution in [0.25, 0.3) is 10.6 Å². The van der Waals surface area contributed by atoms with Gasteiger partial charge in [0.15, 0.2) is 0 Å². The lowest BCUT2D eigenvalue weighted by molar-refractivity contribution is 0.102. The smallest absolute Gasteiger partial charge is 0.267 e. The van der Waals surface area contributed by atoms with E-state index < -0.39 is 0 Å². The minimum absolute atomic E-state index is 0.0912. The van der Waals surface area contributed by atoms with Crippen LogP contribution in [0.15, 0.2) is 36.4 Å². The van der Waals surface area contributed by atoms with Crippen LogP contribution in [0.1, 0.15) is 44.5 Å². The highest BCUT2D eigenvalue weighted by Crippen LogP contribution is 2.30. The molecule has 0 aliphatic heterocycles. The molecular formula is C22H24N2OS. The van der Waals surface area contributed by atoms with Gasteiger partial charge >= 0.3 is 0 Å². The van der Waals surface area contributed by atoms with Gasteiger partial charge in [0.05, 0.1) is 5.69 Å². The van der Waals surface area contributed by atoms with E-state index in [1.807, 2.05) is 20.8 Å². The maximum Gasteiger partial charge on any atom is 0.267 e. The van der Waals surface area contributed by atoms with Gasteiger partial charge < -0.3 is 5.32 Å². The number of benzene rings is 2. The van der Waals surface area contributed by atoms with Crippen LogP contribution in [0.3, 0.4) is 0 Å². The van der Waals surface area contributed by atoms with Gasteiger partial charge in [-0.1, -0.05) is 48.9 Å². The summed E-state index contributed by atoms with van der Waals surface area (Å²) >= 11 is 1.45. The largest absolute Gasteiger partial charge is 0.321 e. The second-order valence-corrected chi connectivity index (χ2v) is 7.71. The van der Waals surface area contributed by atoms with Crippen molar-refractivity contribution in [2.24, 2.45) is 0 Å². The first kappa shape index (κ1) is 18.3. The summed E-state index contributed by atoms with van der Waals surface area (Å²) in [7, 11) is 0. The van der Waals surface area contributed by atoms with Crippen LogP contribution >= 0.6 is 11.3 Å². The van der Waals surface area contributed by atoms with E-state index in [0.29, 0.717) is 4.88 Å². The van der Waals surface area contributed by atoms with Gasteiger partial charge in [-0.25, -0.2) is 4.98 Å². The lowest BCUT2D eigenvalue weighted by Crippen LogP contribution is -2.13. The fraction of sp³-hybridized carbons (Fsp3) is 0.273. The first-order valence-corrected chi connectivity index (χ1v) is 9.66. The van der Waals surface area contributed by atoms with Gasteiger partial charge in [0, 0.05) is 11.3 Å². The van der Waals surface area contributed by atoms with Gasteiger partial charge in [-0.05, 0) is 50.8 Å². The molecule has 0 fully saturated rings. The summed E-state index contributed by atoms with van der Waals surface area (Å²) in [5.74, 6) is -0.0912. The van der Waals surface area contributed by atoms with Crippen LogP contribution in [0.5, 0.6) is 0 Å². The zero-order chi connectivity index (χ0) is 18.8. The van der Waals surface area contributed by atoms with E-state index in [-0.39, 0.29) is 5.91 Å². The van der Waals surface area contributed by atoms with Gasteiger partial charge in [-0.2, -0.15) is 0 Å². The Labute approximate surface area is 159 Å². The van der Waals surface area contributed by atoms with Crippen molar-refractivity contribution in [1.29, 1.82) is 0 Å². The number of nitrogens with zero attached hydrogens (tertiary/aromatic N) is 1. The van der Waals surface area contributed by atoms with Crippen LogP contribution in [0.4, 0.5) is 5.69 Å². The minimum atomic E-state index is -0.0912. The first-order valence-electron chi connectivity index (χ1n) is 8.85. The van der Waals surface area contributed by atoms with E-state index in [0.717, 1.165) is 39.5 Å². The lowest BCUT2D eigenvalue weighted by atomic mass is 10.1. The molecule has 0 aliphatic carbocycles. The Hall–Kier alpha value is -2.46. The number of amides is 1. The molecule has 0 unspecified atom stereocenters. The standard InChI is InChI=1S/C22H24N2OS/c1-6-17-7-9-18(10-8-17)22-23-16(5)20(26-22)21(25)24-19-14(3)11-13(2)12-15(19)4/h7-12H,6H2,1-5H3,(H,24,25). The van der Waals surface area contributed by atoms with Crippen molar-refractivity contribution >= 4 is 22.9 Å². The molecule has 0 aliphatic rings. The van der Waals surface area contributed by atoms with Crippen molar-refractivity contribution in [3.05, 3.63) is 69.2 Å². The zero-order valence-corrected chi connectivity index (χ0v) is 16.8. The van der Waals surface area contributed by atoms with Crippen LogP contribution in [0, 0.1) is 27.7 Å². The van der Waals surface area contributed by atoms with Gasteiger partial charge in [0.2, 0.25) is 0 Å². The summed E-state index contributed by atoms with van der Waals surface area (Å²) < 4.78 is 0. The van der Waals surface area contributed by atoms with E-state index in [4.69, 9.17) is 0 Å². The van der Waals surface area contributed by atoms with Gasteiger partial charge in [-0.15, -0.1) is 11.3 Å². The highest BCUT2D eigenvalue weighted by Gasteiger charge is 2.18. The maximum absolute atomic E-state index is 12.8. The number of carbonyl (C=O) groups is 1. The van der Waals surface area contributed by atoms with E-state index in [1.54, 1.807) is 0 Å². The molecule has 3 rings (SSSR count). The number of hydrogen-bond donors (Lipinski definition) is 1. The number of aryl methyl sites for hydroxylation is 5. The predicted molar refractivity (Wildman–Crippen MR) is 110 cm³/mol. The van der Waals surface area contributed by atoms with Gasteiger partial charge in [0.25, 0.3) is 5.91 Å². The third kappa shape index (κ3) is 3.70. The van der Waals surface area contributed by atoms with Crippen molar-refractivity contribution in [2.75, 3.05) is 5.32 Å². The molecule has 1 amide bonds. The number of thiazole rings is 1. The highest BCUT2D eigenvalue weighted by atomic mass is 32.1. The van der Waals surface area contributed by atoms with Crippen molar-refractivity contribution in [3.8, 4) is 10.6 Å². The molecule has 134 valence electrons. The zero-order valence-electron chi connectivity index (χ0n) is 15.9. The molecule has 4 heteroatoms. The van der Waals surface area contributed by atoms with E-state index in [1.165, 1.54) is 22.5 Å². The number of aromatic nitrogens is 1. The van der Waals surface area contributed by atoms with Crippen LogP contribution in [0.2, 0.25) is 0 Å². The molecule has 1 N–H and O–H groups in total. The van der Waals surface area contributed by atoms with Crippen LogP contribution < -0.4 is 5.32 Å². The highest BCUT2D eigenvalue weighted by molar-refractivity contribution is 7.17. The molecule has 0 spiro atoms. The molecule has 0 radical (unpaired) electrons. The maximum atomic E-state index is 12.8. The Kier molecular flexibility index (Phi) is 5.23.